The number of nitrogen functional groups attached to an aromatic ring is 1. The lowest BCUT2D eigenvalue weighted by Gasteiger charge is -2.13. The highest BCUT2D eigenvalue weighted by molar-refractivity contribution is 9.10. The Morgan fingerprint density at radius 1 is 1.24 bits per heavy atom. The predicted octanol–water partition coefficient (Wildman–Crippen LogP) is 3.21. The Bertz CT molecular complexity index is 791. The first-order chi connectivity index (χ1) is 9.68. The van der Waals surface area contributed by atoms with E-state index < -0.39 is 15.8 Å². The Labute approximate surface area is 134 Å². The number of rotatable bonds is 3. The fourth-order valence-corrected chi connectivity index (χ4v) is 3.08. The van der Waals surface area contributed by atoms with Crippen molar-refractivity contribution in [2.24, 2.45) is 5.14 Å². The number of sulfonamides is 1. The van der Waals surface area contributed by atoms with Gasteiger partial charge in [0.25, 0.3) is 0 Å². The summed E-state index contributed by atoms with van der Waals surface area (Å²) >= 11 is 9.13. The summed E-state index contributed by atoms with van der Waals surface area (Å²) in [6, 6.07) is 6.36. The number of nitrogens with two attached hydrogens (primary N) is 2. The van der Waals surface area contributed by atoms with Crippen LogP contribution in [0, 0.1) is 5.82 Å². The molecule has 2 aromatic carbocycles. The Kier molecular flexibility index (Phi) is 4.43. The minimum Gasteiger partial charge on any atom is -0.397 e. The zero-order valence-electron chi connectivity index (χ0n) is 10.4. The third-order valence-electron chi connectivity index (χ3n) is 2.62. The highest BCUT2D eigenvalue weighted by Crippen LogP contribution is 2.35. The summed E-state index contributed by atoms with van der Waals surface area (Å²) in [5.41, 5.74) is 6.77. The van der Waals surface area contributed by atoms with Crippen LogP contribution < -0.4 is 16.2 Å². The summed E-state index contributed by atoms with van der Waals surface area (Å²) in [6.45, 7) is 0. The van der Waals surface area contributed by atoms with Gasteiger partial charge in [0.1, 0.15) is 5.82 Å². The molecule has 0 radical (unpaired) electrons. The number of halogens is 3. The molecule has 112 valence electrons. The van der Waals surface area contributed by atoms with Gasteiger partial charge in [-0.2, -0.15) is 0 Å². The van der Waals surface area contributed by atoms with Gasteiger partial charge in [-0.25, -0.2) is 17.9 Å². The topological polar surface area (TPSA) is 98.2 Å². The largest absolute Gasteiger partial charge is 0.397 e. The van der Waals surface area contributed by atoms with Crippen molar-refractivity contribution in [3.63, 3.8) is 0 Å². The normalized spacial score (nSPS) is 11.4. The van der Waals surface area contributed by atoms with Gasteiger partial charge < -0.3 is 11.1 Å². The smallest absolute Gasteiger partial charge is 0.238 e. The molecule has 0 saturated carbocycles. The lowest BCUT2D eigenvalue weighted by molar-refractivity contribution is 0.598. The number of hydrogen-bond acceptors (Lipinski definition) is 4. The van der Waals surface area contributed by atoms with Gasteiger partial charge in [-0.3, -0.25) is 0 Å². The van der Waals surface area contributed by atoms with Crippen molar-refractivity contribution in [2.45, 2.75) is 4.90 Å². The molecule has 9 heteroatoms. The molecule has 2 aromatic rings. The third-order valence-corrected chi connectivity index (χ3v) is 4.45. The number of hydrogen-bond donors (Lipinski definition) is 3. The molecular formula is C12H10BrClFN3O2S. The van der Waals surface area contributed by atoms with Gasteiger partial charge in [-0.05, 0) is 46.3 Å². The van der Waals surface area contributed by atoms with Crippen LogP contribution in [0.25, 0.3) is 0 Å². The van der Waals surface area contributed by atoms with E-state index in [2.05, 4.69) is 21.2 Å². The maximum absolute atomic E-state index is 13.2. The Balaban J connectivity index is 2.42. The molecule has 0 aliphatic carbocycles. The van der Waals surface area contributed by atoms with Crippen molar-refractivity contribution < 1.29 is 12.8 Å². The van der Waals surface area contributed by atoms with Gasteiger partial charge in [0.2, 0.25) is 10.0 Å². The van der Waals surface area contributed by atoms with Crippen molar-refractivity contribution in [3.05, 3.63) is 45.6 Å². The van der Waals surface area contributed by atoms with Crippen LogP contribution >= 0.6 is 27.5 Å². The van der Waals surface area contributed by atoms with Crippen molar-refractivity contribution in [1.29, 1.82) is 0 Å². The second kappa shape index (κ2) is 5.80. The fraction of sp³-hybridized carbons (Fsp3) is 0. The monoisotopic (exact) mass is 393 g/mol. The molecule has 0 heterocycles. The zero-order valence-corrected chi connectivity index (χ0v) is 13.6. The van der Waals surface area contributed by atoms with E-state index in [0.29, 0.717) is 15.8 Å². The van der Waals surface area contributed by atoms with Crippen LogP contribution in [0.2, 0.25) is 5.02 Å². The number of nitrogens with one attached hydrogen (secondary N) is 1. The maximum atomic E-state index is 13.2. The van der Waals surface area contributed by atoms with Crippen LogP contribution in [0.15, 0.2) is 39.7 Å². The zero-order chi connectivity index (χ0) is 15.8. The average molecular weight is 395 g/mol. The summed E-state index contributed by atoms with van der Waals surface area (Å²) in [4.78, 5) is -0.102. The number of benzene rings is 2. The van der Waals surface area contributed by atoms with Crippen LogP contribution in [-0.2, 0) is 10.0 Å². The van der Waals surface area contributed by atoms with E-state index in [1.807, 2.05) is 0 Å². The second-order valence-corrected chi connectivity index (χ2v) is 6.99. The second-order valence-electron chi connectivity index (χ2n) is 4.16. The van der Waals surface area contributed by atoms with Gasteiger partial charge in [-0.1, -0.05) is 11.6 Å². The first kappa shape index (κ1) is 16.0. The highest BCUT2D eigenvalue weighted by Gasteiger charge is 2.13. The molecule has 5 nitrogen and oxygen atoms in total. The van der Waals surface area contributed by atoms with E-state index >= 15 is 0 Å². The van der Waals surface area contributed by atoms with E-state index in [9.17, 15) is 12.8 Å². The molecule has 5 N–H and O–H groups in total. The number of primary sulfonamides is 1. The minimum absolute atomic E-state index is 0.102. The van der Waals surface area contributed by atoms with Crippen LogP contribution in [0.5, 0.6) is 0 Å². The van der Waals surface area contributed by atoms with Gasteiger partial charge in [-0.15, -0.1) is 0 Å². The van der Waals surface area contributed by atoms with E-state index in [4.69, 9.17) is 22.5 Å². The molecular weight excluding hydrogens is 385 g/mol. The van der Waals surface area contributed by atoms with Crippen LogP contribution in [0.3, 0.4) is 0 Å². The van der Waals surface area contributed by atoms with E-state index in [0.717, 1.165) is 6.07 Å². The molecule has 0 unspecified atom stereocenters. The highest BCUT2D eigenvalue weighted by atomic mass is 79.9. The minimum atomic E-state index is -3.83. The molecule has 21 heavy (non-hydrogen) atoms. The summed E-state index contributed by atoms with van der Waals surface area (Å²) in [5, 5.41) is 8.08. The molecule has 0 amide bonds. The molecule has 0 aliphatic rings. The van der Waals surface area contributed by atoms with E-state index in [-0.39, 0.29) is 15.6 Å². The first-order valence-electron chi connectivity index (χ1n) is 5.52. The quantitative estimate of drug-likeness (QED) is 0.696. The standard InChI is InChI=1S/C12H10BrClFN3O2S/c13-8-3-6(15)4-9(14)12(8)18-11-2-1-7(5-10(11)16)21(17,19)20/h1-5,18H,16H2,(H2,17,19,20). The molecule has 0 aromatic heterocycles. The molecule has 0 saturated heterocycles. The Morgan fingerprint density at radius 3 is 2.43 bits per heavy atom. The molecule has 0 aliphatic heterocycles. The van der Waals surface area contributed by atoms with Gasteiger partial charge >= 0.3 is 0 Å². The Morgan fingerprint density at radius 2 is 1.90 bits per heavy atom. The van der Waals surface area contributed by atoms with Crippen molar-refractivity contribution >= 4 is 54.6 Å². The Hall–Kier alpha value is -1.35. The SMILES string of the molecule is Nc1cc(S(N)(=O)=O)ccc1Nc1c(Cl)cc(F)cc1Br. The average Bonchev–Trinajstić information content (AvgIpc) is 2.33. The van der Waals surface area contributed by atoms with E-state index in [1.54, 1.807) is 0 Å². The molecule has 0 atom stereocenters. The van der Waals surface area contributed by atoms with Crippen molar-refractivity contribution in [1.82, 2.24) is 0 Å². The van der Waals surface area contributed by atoms with Crippen LogP contribution in [0.1, 0.15) is 0 Å². The van der Waals surface area contributed by atoms with Gasteiger partial charge in [0, 0.05) is 4.47 Å². The van der Waals surface area contributed by atoms with Gasteiger partial charge in [0.05, 0.1) is 27.0 Å². The summed E-state index contributed by atoms with van der Waals surface area (Å²) < 4.78 is 36.0. The lowest BCUT2D eigenvalue weighted by atomic mass is 10.2. The number of anilines is 3. The van der Waals surface area contributed by atoms with Crippen LogP contribution in [-0.4, -0.2) is 8.42 Å². The third kappa shape index (κ3) is 3.65. The van der Waals surface area contributed by atoms with Crippen molar-refractivity contribution in [3.8, 4) is 0 Å². The predicted molar refractivity (Wildman–Crippen MR) is 84.6 cm³/mol. The summed E-state index contributed by atoms with van der Waals surface area (Å²) in [5.74, 6) is -0.491. The lowest BCUT2D eigenvalue weighted by Crippen LogP contribution is -2.12. The van der Waals surface area contributed by atoms with Crippen LogP contribution in [0.4, 0.5) is 21.5 Å². The molecule has 0 fully saturated rings. The summed E-state index contributed by atoms with van der Waals surface area (Å²) in [7, 11) is -3.83. The van der Waals surface area contributed by atoms with Crippen molar-refractivity contribution in [2.75, 3.05) is 11.1 Å². The molecule has 2 rings (SSSR count). The summed E-state index contributed by atoms with van der Waals surface area (Å²) in [6.07, 6.45) is 0. The van der Waals surface area contributed by atoms with E-state index in [1.165, 1.54) is 24.3 Å². The fourth-order valence-electron chi connectivity index (χ4n) is 1.63. The first-order valence-corrected chi connectivity index (χ1v) is 8.24. The van der Waals surface area contributed by atoms with Gasteiger partial charge in [0.15, 0.2) is 0 Å². The molecule has 0 spiro atoms. The maximum Gasteiger partial charge on any atom is 0.238 e. The molecule has 0 bridgehead atoms.